The van der Waals surface area contributed by atoms with E-state index in [0.29, 0.717) is 26.2 Å². The van der Waals surface area contributed by atoms with Crippen LogP contribution in [-0.4, -0.2) is 32.1 Å². The van der Waals surface area contributed by atoms with Gasteiger partial charge in [-0.25, -0.2) is 0 Å². The molecular formula is C23H40O4. The molecule has 0 fully saturated rings. The maximum Gasteiger partial charge on any atom is 0.306 e. The summed E-state index contributed by atoms with van der Waals surface area (Å²) >= 11 is 0. The van der Waals surface area contributed by atoms with Crippen molar-refractivity contribution < 1.29 is 19.0 Å². The molecule has 0 aliphatic heterocycles. The summed E-state index contributed by atoms with van der Waals surface area (Å²) in [6.07, 6.45) is 14.1. The van der Waals surface area contributed by atoms with Gasteiger partial charge in [0.15, 0.2) is 0 Å². The van der Waals surface area contributed by atoms with Crippen molar-refractivity contribution in [2.45, 2.75) is 97.7 Å². The highest BCUT2D eigenvalue weighted by Gasteiger charge is 2.04. The van der Waals surface area contributed by atoms with Crippen LogP contribution in [0.15, 0.2) is 12.2 Å². The molecule has 0 aromatic heterocycles. The fourth-order valence-electron chi connectivity index (χ4n) is 2.18. The molecule has 0 radical (unpaired) electrons. The zero-order valence-electron chi connectivity index (χ0n) is 17.8. The van der Waals surface area contributed by atoms with Crippen molar-refractivity contribution in [3.63, 3.8) is 0 Å². The lowest BCUT2D eigenvalue weighted by molar-refractivity contribution is -0.142. The third-order valence-electron chi connectivity index (χ3n) is 3.90. The van der Waals surface area contributed by atoms with Crippen LogP contribution in [-0.2, 0) is 19.0 Å². The zero-order valence-corrected chi connectivity index (χ0v) is 17.8. The molecule has 0 amide bonds. The van der Waals surface area contributed by atoms with Gasteiger partial charge in [0.2, 0.25) is 6.29 Å². The van der Waals surface area contributed by atoms with Crippen molar-refractivity contribution in [2.75, 3.05) is 19.8 Å². The van der Waals surface area contributed by atoms with Crippen LogP contribution in [0.25, 0.3) is 0 Å². The molecule has 0 saturated carbocycles. The average molecular weight is 381 g/mol. The fourth-order valence-corrected chi connectivity index (χ4v) is 2.18. The third-order valence-corrected chi connectivity index (χ3v) is 3.90. The van der Waals surface area contributed by atoms with Crippen molar-refractivity contribution in [1.29, 1.82) is 0 Å². The Morgan fingerprint density at radius 3 is 2.22 bits per heavy atom. The molecule has 4 nitrogen and oxygen atoms in total. The van der Waals surface area contributed by atoms with Crippen molar-refractivity contribution in [1.82, 2.24) is 0 Å². The minimum atomic E-state index is -0.404. The summed E-state index contributed by atoms with van der Waals surface area (Å²) in [6.45, 7) is 8.18. The van der Waals surface area contributed by atoms with Gasteiger partial charge in [-0.1, -0.05) is 64.5 Å². The molecule has 0 aliphatic rings. The first-order chi connectivity index (χ1) is 13.2. The van der Waals surface area contributed by atoms with Crippen molar-refractivity contribution in [3.05, 3.63) is 12.2 Å². The number of esters is 1. The molecule has 0 rings (SSSR count). The molecule has 0 aromatic rings. The third kappa shape index (κ3) is 19.3. The van der Waals surface area contributed by atoms with Gasteiger partial charge >= 0.3 is 5.97 Å². The van der Waals surface area contributed by atoms with Crippen LogP contribution in [0, 0.1) is 11.8 Å². The van der Waals surface area contributed by atoms with Gasteiger partial charge < -0.3 is 14.2 Å². The molecule has 0 heterocycles. The average Bonchev–Trinajstić information content (AvgIpc) is 2.67. The van der Waals surface area contributed by atoms with E-state index in [0.717, 1.165) is 64.2 Å². The highest BCUT2D eigenvalue weighted by atomic mass is 16.7. The quantitative estimate of drug-likeness (QED) is 0.105. The van der Waals surface area contributed by atoms with E-state index in [-0.39, 0.29) is 5.97 Å². The van der Waals surface area contributed by atoms with Crippen LogP contribution < -0.4 is 0 Å². The number of ether oxygens (including phenoxy) is 3. The smallest absolute Gasteiger partial charge is 0.306 e. The molecule has 0 saturated heterocycles. The Labute approximate surface area is 167 Å². The highest BCUT2D eigenvalue weighted by Crippen LogP contribution is 2.05. The van der Waals surface area contributed by atoms with Crippen LogP contribution in [0.1, 0.15) is 91.4 Å². The summed E-state index contributed by atoms with van der Waals surface area (Å²) in [7, 11) is 0. The van der Waals surface area contributed by atoms with Gasteiger partial charge in [-0.2, -0.15) is 0 Å². The lowest BCUT2D eigenvalue weighted by Crippen LogP contribution is -2.16. The van der Waals surface area contributed by atoms with Gasteiger partial charge in [0.1, 0.15) is 6.61 Å². The van der Waals surface area contributed by atoms with Gasteiger partial charge in [-0.3, -0.25) is 4.79 Å². The van der Waals surface area contributed by atoms with Crippen molar-refractivity contribution in [3.8, 4) is 11.8 Å². The molecule has 0 aliphatic carbocycles. The molecule has 0 bridgehead atoms. The van der Waals surface area contributed by atoms with E-state index >= 15 is 0 Å². The number of hydrogen-bond acceptors (Lipinski definition) is 4. The molecule has 0 N–H and O–H groups in total. The number of rotatable bonds is 17. The van der Waals surface area contributed by atoms with E-state index in [1.165, 1.54) is 0 Å². The second-order valence-corrected chi connectivity index (χ2v) is 6.61. The predicted octanol–water partition coefficient (Wildman–Crippen LogP) is 5.80. The fraction of sp³-hybridized carbons (Fsp3) is 0.783. The van der Waals surface area contributed by atoms with E-state index < -0.39 is 6.29 Å². The van der Waals surface area contributed by atoms with Gasteiger partial charge in [-0.15, -0.1) is 0 Å². The Morgan fingerprint density at radius 2 is 1.59 bits per heavy atom. The number of hydrogen-bond donors (Lipinski definition) is 0. The number of carbonyl (C=O) groups is 1. The second kappa shape index (κ2) is 21.0. The largest absolute Gasteiger partial charge is 0.461 e. The first-order valence-corrected chi connectivity index (χ1v) is 10.8. The summed E-state index contributed by atoms with van der Waals surface area (Å²) in [5, 5.41) is 0. The predicted molar refractivity (Wildman–Crippen MR) is 111 cm³/mol. The van der Waals surface area contributed by atoms with Gasteiger partial charge in [0, 0.05) is 12.8 Å². The Morgan fingerprint density at radius 1 is 0.889 bits per heavy atom. The molecule has 0 atom stereocenters. The highest BCUT2D eigenvalue weighted by molar-refractivity contribution is 5.69. The molecule has 156 valence electrons. The Balaban J connectivity index is 3.81. The number of allylic oxidation sites excluding steroid dienone is 1. The minimum Gasteiger partial charge on any atom is -0.461 e. The minimum absolute atomic E-state index is 0.115. The normalized spacial score (nSPS) is 11.0. The molecule has 4 heteroatoms. The lowest BCUT2D eigenvalue weighted by atomic mass is 10.1. The standard InChI is InChI=1S/C23H40O4/c1-4-7-10-16-21-25-22(24)17-14-12-11-13-15-18-23(26-19-8-5-2)27-20-9-6-3/h10,16,23H,4-9,11-14,17,19-21H2,1-3H3. The maximum absolute atomic E-state index is 11.6. The van der Waals surface area contributed by atoms with Crippen LogP contribution in [0.4, 0.5) is 0 Å². The summed E-state index contributed by atoms with van der Waals surface area (Å²) < 4.78 is 16.5. The van der Waals surface area contributed by atoms with E-state index in [2.05, 4.69) is 38.7 Å². The summed E-state index contributed by atoms with van der Waals surface area (Å²) in [5.74, 6) is 6.13. The van der Waals surface area contributed by atoms with Crippen LogP contribution in [0.3, 0.4) is 0 Å². The van der Waals surface area contributed by atoms with E-state index in [1.54, 1.807) is 0 Å². The Hall–Kier alpha value is -1.31. The van der Waals surface area contributed by atoms with Crippen LogP contribution in [0.2, 0.25) is 0 Å². The molecule has 27 heavy (non-hydrogen) atoms. The second-order valence-electron chi connectivity index (χ2n) is 6.61. The van der Waals surface area contributed by atoms with Crippen LogP contribution in [0.5, 0.6) is 0 Å². The van der Waals surface area contributed by atoms with Crippen LogP contribution >= 0.6 is 0 Å². The summed E-state index contributed by atoms with van der Waals surface area (Å²) in [6, 6.07) is 0. The SMILES string of the molecule is CCCC=CCOC(=O)CCCCCC#CC(OCCCC)OCCCC. The topological polar surface area (TPSA) is 44.8 Å². The Bertz CT molecular complexity index is 410. The number of carbonyl (C=O) groups excluding carboxylic acids is 1. The summed E-state index contributed by atoms with van der Waals surface area (Å²) in [4.78, 5) is 11.6. The van der Waals surface area contributed by atoms with Gasteiger partial charge in [-0.05, 0) is 38.0 Å². The van der Waals surface area contributed by atoms with E-state index in [9.17, 15) is 4.79 Å². The van der Waals surface area contributed by atoms with Crippen molar-refractivity contribution >= 4 is 5.97 Å². The summed E-state index contributed by atoms with van der Waals surface area (Å²) in [5.41, 5.74) is 0. The lowest BCUT2D eigenvalue weighted by Gasteiger charge is -2.12. The molecular weight excluding hydrogens is 340 g/mol. The van der Waals surface area contributed by atoms with Gasteiger partial charge in [0.25, 0.3) is 0 Å². The molecule has 0 spiro atoms. The first kappa shape index (κ1) is 25.7. The van der Waals surface area contributed by atoms with E-state index in [4.69, 9.17) is 14.2 Å². The Kier molecular flexibility index (Phi) is 20.0. The zero-order chi connectivity index (χ0) is 20.0. The van der Waals surface area contributed by atoms with Gasteiger partial charge in [0.05, 0.1) is 13.2 Å². The van der Waals surface area contributed by atoms with E-state index in [1.807, 2.05) is 6.08 Å². The molecule has 0 aromatic carbocycles. The first-order valence-electron chi connectivity index (χ1n) is 10.8. The molecule has 0 unspecified atom stereocenters. The maximum atomic E-state index is 11.6. The van der Waals surface area contributed by atoms with Crippen molar-refractivity contribution in [2.24, 2.45) is 0 Å². The number of unbranched alkanes of at least 4 members (excludes halogenated alkanes) is 6. The monoisotopic (exact) mass is 380 g/mol.